The van der Waals surface area contributed by atoms with Gasteiger partial charge in [0, 0.05) is 24.2 Å². The van der Waals surface area contributed by atoms with Crippen LogP contribution in [0.15, 0.2) is 53.7 Å². The second kappa shape index (κ2) is 5.28. The van der Waals surface area contributed by atoms with Crippen LogP contribution < -0.4 is 5.73 Å². The Morgan fingerprint density at radius 2 is 1.52 bits per heavy atom. The van der Waals surface area contributed by atoms with E-state index in [1.54, 1.807) is 24.3 Å². The highest BCUT2D eigenvalue weighted by Crippen LogP contribution is 2.24. The Balaban J connectivity index is 1.78. The number of amidine groups is 1. The average Bonchev–Trinajstić information content (AvgIpc) is 2.97. The molecule has 1 amide bonds. The van der Waals surface area contributed by atoms with E-state index in [1.807, 2.05) is 29.2 Å². The Bertz CT molecular complexity index is 683. The fraction of sp³-hybridized carbons (Fsp3) is 0.125. The van der Waals surface area contributed by atoms with Gasteiger partial charge in [-0.25, -0.2) is 0 Å². The largest absolute Gasteiger partial charge is 0.409 e. The summed E-state index contributed by atoms with van der Waals surface area (Å²) in [5.74, 6) is 0.0137. The lowest BCUT2D eigenvalue weighted by molar-refractivity contribution is 0.0751. The van der Waals surface area contributed by atoms with Gasteiger partial charge < -0.3 is 15.8 Å². The molecule has 5 heteroatoms. The van der Waals surface area contributed by atoms with Gasteiger partial charge in [0.2, 0.25) is 0 Å². The van der Waals surface area contributed by atoms with Gasteiger partial charge in [-0.05, 0) is 23.3 Å². The minimum atomic E-state index is -0.0164. The Morgan fingerprint density at radius 1 is 1.00 bits per heavy atom. The molecule has 21 heavy (non-hydrogen) atoms. The summed E-state index contributed by atoms with van der Waals surface area (Å²) in [6.07, 6.45) is 0. The summed E-state index contributed by atoms with van der Waals surface area (Å²) >= 11 is 0. The van der Waals surface area contributed by atoms with E-state index in [1.165, 1.54) is 11.1 Å². The normalized spacial score (nSPS) is 14.1. The first kappa shape index (κ1) is 13.2. The van der Waals surface area contributed by atoms with Gasteiger partial charge in [-0.1, -0.05) is 41.6 Å². The van der Waals surface area contributed by atoms with Crippen molar-refractivity contribution >= 4 is 11.7 Å². The van der Waals surface area contributed by atoms with Gasteiger partial charge in [-0.15, -0.1) is 0 Å². The number of oxime groups is 1. The first-order valence-electron chi connectivity index (χ1n) is 6.63. The van der Waals surface area contributed by atoms with Gasteiger partial charge in [0.05, 0.1) is 0 Å². The van der Waals surface area contributed by atoms with Gasteiger partial charge in [0.15, 0.2) is 5.84 Å². The van der Waals surface area contributed by atoms with Crippen molar-refractivity contribution in [3.05, 3.63) is 70.8 Å². The molecule has 3 rings (SSSR count). The average molecular weight is 281 g/mol. The van der Waals surface area contributed by atoms with Crippen molar-refractivity contribution in [3.8, 4) is 0 Å². The molecule has 0 saturated heterocycles. The summed E-state index contributed by atoms with van der Waals surface area (Å²) in [6.45, 7) is 1.27. The van der Waals surface area contributed by atoms with Crippen molar-refractivity contribution in [1.82, 2.24) is 4.90 Å². The molecule has 1 aliphatic heterocycles. The van der Waals surface area contributed by atoms with Crippen LogP contribution >= 0.6 is 0 Å². The topological polar surface area (TPSA) is 78.9 Å². The highest BCUT2D eigenvalue weighted by Gasteiger charge is 2.23. The number of carbonyl (C=O) groups is 1. The van der Waals surface area contributed by atoms with E-state index in [-0.39, 0.29) is 11.7 Å². The maximum Gasteiger partial charge on any atom is 0.254 e. The standard InChI is InChI=1S/C16H15N3O2/c17-15(18-21)11-5-7-12(8-6-11)16(20)19-9-13-3-1-2-4-14(13)10-19/h1-8,21H,9-10H2,(H2,17,18). The lowest BCUT2D eigenvalue weighted by Gasteiger charge is -2.15. The van der Waals surface area contributed by atoms with Crippen molar-refractivity contribution in [1.29, 1.82) is 0 Å². The predicted octanol–water partition coefficient (Wildman–Crippen LogP) is 1.94. The third kappa shape index (κ3) is 2.45. The van der Waals surface area contributed by atoms with E-state index in [0.717, 1.165) is 0 Å². The zero-order valence-corrected chi connectivity index (χ0v) is 11.4. The van der Waals surface area contributed by atoms with Crippen molar-refractivity contribution in [3.63, 3.8) is 0 Å². The molecule has 0 atom stereocenters. The van der Waals surface area contributed by atoms with Crippen LogP contribution in [0, 0.1) is 0 Å². The number of hydrogen-bond acceptors (Lipinski definition) is 3. The molecular weight excluding hydrogens is 266 g/mol. The van der Waals surface area contributed by atoms with Gasteiger partial charge in [-0.2, -0.15) is 0 Å². The van der Waals surface area contributed by atoms with Crippen molar-refractivity contribution in [2.45, 2.75) is 13.1 Å². The van der Waals surface area contributed by atoms with Crippen LogP contribution in [0.1, 0.15) is 27.0 Å². The number of benzene rings is 2. The SMILES string of the molecule is NC(=NO)c1ccc(C(=O)N2Cc3ccccc3C2)cc1. The third-order valence-corrected chi connectivity index (χ3v) is 3.66. The van der Waals surface area contributed by atoms with E-state index in [2.05, 4.69) is 5.16 Å². The van der Waals surface area contributed by atoms with E-state index < -0.39 is 0 Å². The van der Waals surface area contributed by atoms with Crippen LogP contribution in [-0.2, 0) is 13.1 Å². The first-order valence-corrected chi connectivity index (χ1v) is 6.63. The van der Waals surface area contributed by atoms with E-state index in [0.29, 0.717) is 24.2 Å². The molecule has 2 aromatic carbocycles. The van der Waals surface area contributed by atoms with Crippen LogP contribution in [-0.4, -0.2) is 21.8 Å². The Labute approximate surface area is 122 Å². The summed E-state index contributed by atoms with van der Waals surface area (Å²) in [5, 5.41) is 11.6. The van der Waals surface area contributed by atoms with E-state index in [4.69, 9.17) is 10.9 Å². The first-order chi connectivity index (χ1) is 10.2. The Kier molecular flexibility index (Phi) is 3.31. The molecule has 0 aliphatic carbocycles. The fourth-order valence-corrected chi connectivity index (χ4v) is 2.50. The van der Waals surface area contributed by atoms with Crippen molar-refractivity contribution in [2.75, 3.05) is 0 Å². The fourth-order valence-electron chi connectivity index (χ4n) is 2.50. The number of carbonyl (C=O) groups excluding carboxylic acids is 1. The van der Waals surface area contributed by atoms with Crippen LogP contribution in [0.5, 0.6) is 0 Å². The maximum absolute atomic E-state index is 12.5. The van der Waals surface area contributed by atoms with Crippen LogP contribution in [0.4, 0.5) is 0 Å². The number of nitrogens with two attached hydrogens (primary N) is 1. The molecule has 0 spiro atoms. The zero-order chi connectivity index (χ0) is 14.8. The van der Waals surface area contributed by atoms with Crippen LogP contribution in [0.2, 0.25) is 0 Å². The number of hydrogen-bond donors (Lipinski definition) is 2. The summed E-state index contributed by atoms with van der Waals surface area (Å²) in [4.78, 5) is 14.3. The third-order valence-electron chi connectivity index (χ3n) is 3.66. The monoisotopic (exact) mass is 281 g/mol. The van der Waals surface area contributed by atoms with Crippen LogP contribution in [0.3, 0.4) is 0 Å². The van der Waals surface area contributed by atoms with E-state index in [9.17, 15) is 4.79 Å². The highest BCUT2D eigenvalue weighted by molar-refractivity contribution is 5.99. The predicted molar refractivity (Wildman–Crippen MR) is 79.0 cm³/mol. The zero-order valence-electron chi connectivity index (χ0n) is 11.4. The maximum atomic E-state index is 12.5. The van der Waals surface area contributed by atoms with Crippen molar-refractivity contribution in [2.24, 2.45) is 10.9 Å². The van der Waals surface area contributed by atoms with Gasteiger partial charge >= 0.3 is 0 Å². The van der Waals surface area contributed by atoms with Gasteiger partial charge in [0.25, 0.3) is 5.91 Å². The smallest absolute Gasteiger partial charge is 0.254 e. The highest BCUT2D eigenvalue weighted by atomic mass is 16.4. The second-order valence-electron chi connectivity index (χ2n) is 4.99. The van der Waals surface area contributed by atoms with Gasteiger partial charge in [0.1, 0.15) is 0 Å². The molecule has 0 saturated carbocycles. The van der Waals surface area contributed by atoms with Gasteiger partial charge in [-0.3, -0.25) is 4.79 Å². The number of rotatable bonds is 2. The lowest BCUT2D eigenvalue weighted by atomic mass is 10.1. The lowest BCUT2D eigenvalue weighted by Crippen LogP contribution is -2.25. The molecule has 0 radical (unpaired) electrons. The quantitative estimate of drug-likeness (QED) is 0.382. The molecule has 0 unspecified atom stereocenters. The molecule has 0 aromatic heterocycles. The summed E-state index contributed by atoms with van der Waals surface area (Å²) in [5.41, 5.74) is 9.07. The molecule has 2 aromatic rings. The molecule has 0 fully saturated rings. The molecule has 0 bridgehead atoms. The molecule has 1 aliphatic rings. The molecule has 106 valence electrons. The number of nitrogens with zero attached hydrogens (tertiary/aromatic N) is 2. The van der Waals surface area contributed by atoms with Crippen LogP contribution in [0.25, 0.3) is 0 Å². The number of amides is 1. The summed E-state index contributed by atoms with van der Waals surface area (Å²) in [6, 6.07) is 14.8. The van der Waals surface area contributed by atoms with Crippen molar-refractivity contribution < 1.29 is 10.0 Å². The van der Waals surface area contributed by atoms with E-state index >= 15 is 0 Å². The molecule has 3 N–H and O–H groups in total. The molecule has 1 heterocycles. The molecule has 5 nitrogen and oxygen atoms in total. The summed E-state index contributed by atoms with van der Waals surface area (Å²) < 4.78 is 0. The second-order valence-corrected chi connectivity index (χ2v) is 4.99. The molecular formula is C16H15N3O2. The minimum Gasteiger partial charge on any atom is -0.409 e. The summed E-state index contributed by atoms with van der Waals surface area (Å²) in [7, 11) is 0. The number of fused-ring (bicyclic) bond motifs is 1. The Hall–Kier alpha value is -2.82. The minimum absolute atomic E-state index is 0.0164. The Morgan fingerprint density at radius 3 is 2.05 bits per heavy atom.